The van der Waals surface area contributed by atoms with E-state index in [1.54, 1.807) is 0 Å². The van der Waals surface area contributed by atoms with Crippen LogP contribution >= 0.6 is 0 Å². The number of hydrogen-bond donors (Lipinski definition) is 1. The summed E-state index contributed by atoms with van der Waals surface area (Å²) in [7, 11) is 0. The van der Waals surface area contributed by atoms with Gasteiger partial charge in [0, 0.05) is 19.9 Å². The Kier molecular flexibility index (Phi) is 2.52. The van der Waals surface area contributed by atoms with E-state index in [-0.39, 0.29) is 5.91 Å². The van der Waals surface area contributed by atoms with Crippen LogP contribution in [0.25, 0.3) is 0 Å². The summed E-state index contributed by atoms with van der Waals surface area (Å²) in [5.41, 5.74) is 0. The number of rotatable bonds is 1. The fourth-order valence-electron chi connectivity index (χ4n) is 1.34. The van der Waals surface area contributed by atoms with Gasteiger partial charge < -0.3 is 14.7 Å². The molecule has 5 nitrogen and oxygen atoms in total. The van der Waals surface area contributed by atoms with Gasteiger partial charge in [-0.25, -0.2) is 4.79 Å². The highest BCUT2D eigenvalue weighted by Crippen LogP contribution is 2.17. The quantitative estimate of drug-likeness (QED) is 0.591. The number of hydrogen-bond acceptors (Lipinski definition) is 3. The third kappa shape index (κ3) is 1.87. The zero-order chi connectivity index (χ0) is 9.14. The van der Waals surface area contributed by atoms with Crippen LogP contribution in [0, 0.1) is 0 Å². The minimum absolute atomic E-state index is 0.140. The molecular weight excluding hydrogens is 162 g/mol. The molecule has 1 fully saturated rings. The van der Waals surface area contributed by atoms with Gasteiger partial charge in [-0.2, -0.15) is 0 Å². The van der Waals surface area contributed by atoms with Crippen LogP contribution in [0.3, 0.4) is 0 Å². The van der Waals surface area contributed by atoms with E-state index in [0.29, 0.717) is 13.0 Å². The van der Waals surface area contributed by atoms with Crippen LogP contribution in [0.4, 0.5) is 4.79 Å². The molecule has 0 bridgehead atoms. The van der Waals surface area contributed by atoms with Crippen LogP contribution in [0.5, 0.6) is 0 Å². The third-order valence-electron chi connectivity index (χ3n) is 1.84. The average molecular weight is 173 g/mol. The van der Waals surface area contributed by atoms with Crippen molar-refractivity contribution in [3.63, 3.8) is 0 Å². The molecule has 68 valence electrons. The molecule has 12 heavy (non-hydrogen) atoms. The Labute approximate surface area is 69.9 Å². The van der Waals surface area contributed by atoms with E-state index in [1.807, 2.05) is 0 Å². The fourth-order valence-corrected chi connectivity index (χ4v) is 1.34. The SMILES string of the molecule is CC(=O)N1CCC[C@H]1OC(=O)O. The van der Waals surface area contributed by atoms with Gasteiger partial charge in [0.15, 0.2) is 6.23 Å². The third-order valence-corrected chi connectivity index (χ3v) is 1.84. The number of ether oxygens (including phenoxy) is 1. The number of carboxylic acid groups (broad SMARTS) is 1. The van der Waals surface area contributed by atoms with Crippen molar-refractivity contribution in [1.29, 1.82) is 0 Å². The molecule has 0 unspecified atom stereocenters. The molecule has 5 heteroatoms. The molecule has 0 aromatic heterocycles. The van der Waals surface area contributed by atoms with E-state index in [2.05, 4.69) is 4.74 Å². The number of nitrogens with zero attached hydrogens (tertiary/aromatic N) is 1. The van der Waals surface area contributed by atoms with Crippen LogP contribution < -0.4 is 0 Å². The summed E-state index contributed by atoms with van der Waals surface area (Å²) >= 11 is 0. The van der Waals surface area contributed by atoms with Crippen molar-refractivity contribution in [2.45, 2.75) is 26.0 Å². The lowest BCUT2D eigenvalue weighted by molar-refractivity contribution is -0.136. The maximum absolute atomic E-state index is 10.9. The second-order valence-corrected chi connectivity index (χ2v) is 2.69. The van der Waals surface area contributed by atoms with Gasteiger partial charge in [0.1, 0.15) is 0 Å². The first kappa shape index (κ1) is 8.83. The van der Waals surface area contributed by atoms with Gasteiger partial charge >= 0.3 is 6.16 Å². The first-order valence-corrected chi connectivity index (χ1v) is 3.78. The minimum atomic E-state index is -1.33. The first-order valence-electron chi connectivity index (χ1n) is 3.78. The Bertz CT molecular complexity index is 204. The van der Waals surface area contributed by atoms with Crippen molar-refractivity contribution in [3.05, 3.63) is 0 Å². The lowest BCUT2D eigenvalue weighted by Crippen LogP contribution is -2.36. The molecule has 0 radical (unpaired) electrons. The van der Waals surface area contributed by atoms with Gasteiger partial charge in [-0.05, 0) is 6.42 Å². The lowest BCUT2D eigenvalue weighted by Gasteiger charge is -2.21. The van der Waals surface area contributed by atoms with Gasteiger partial charge in [-0.15, -0.1) is 0 Å². The molecule has 0 aromatic carbocycles. The van der Waals surface area contributed by atoms with Crippen LogP contribution in [0.1, 0.15) is 19.8 Å². The Morgan fingerprint density at radius 2 is 2.25 bits per heavy atom. The zero-order valence-electron chi connectivity index (χ0n) is 6.82. The predicted octanol–water partition coefficient (Wildman–Crippen LogP) is 0.649. The normalized spacial score (nSPS) is 22.4. The highest BCUT2D eigenvalue weighted by Gasteiger charge is 2.29. The molecule has 0 aliphatic carbocycles. The highest BCUT2D eigenvalue weighted by atomic mass is 16.7. The van der Waals surface area contributed by atoms with Crippen molar-refractivity contribution >= 4 is 12.1 Å². The summed E-state index contributed by atoms with van der Waals surface area (Å²) in [6.45, 7) is 2.00. The maximum atomic E-state index is 10.9. The molecule has 0 spiro atoms. The summed E-state index contributed by atoms with van der Waals surface area (Å²) in [4.78, 5) is 22.5. The Hall–Kier alpha value is -1.26. The van der Waals surface area contributed by atoms with Crippen molar-refractivity contribution in [2.75, 3.05) is 6.54 Å². The number of carbonyl (C=O) groups is 2. The molecule has 1 atom stereocenters. The van der Waals surface area contributed by atoms with E-state index in [1.165, 1.54) is 11.8 Å². The van der Waals surface area contributed by atoms with Crippen LogP contribution in [-0.4, -0.2) is 34.8 Å². The Balaban J connectivity index is 2.52. The summed E-state index contributed by atoms with van der Waals surface area (Å²) in [5.74, 6) is -0.140. The first-order chi connectivity index (χ1) is 5.61. The largest absolute Gasteiger partial charge is 0.507 e. The Morgan fingerprint density at radius 3 is 2.75 bits per heavy atom. The zero-order valence-corrected chi connectivity index (χ0v) is 6.82. The summed E-state index contributed by atoms with van der Waals surface area (Å²) < 4.78 is 4.51. The van der Waals surface area contributed by atoms with Crippen molar-refractivity contribution in [2.24, 2.45) is 0 Å². The van der Waals surface area contributed by atoms with E-state index < -0.39 is 12.4 Å². The molecular formula is C7H11NO4. The van der Waals surface area contributed by atoms with Crippen LogP contribution in [0.15, 0.2) is 0 Å². The molecule has 1 rings (SSSR count). The second kappa shape index (κ2) is 3.42. The molecule has 1 N–H and O–H groups in total. The molecule has 1 saturated heterocycles. The molecule has 1 amide bonds. The summed E-state index contributed by atoms with van der Waals surface area (Å²) in [5, 5.41) is 8.31. The molecule has 0 saturated carbocycles. The van der Waals surface area contributed by atoms with Gasteiger partial charge in [0.2, 0.25) is 5.91 Å². The summed E-state index contributed by atoms with van der Waals surface area (Å²) in [6.07, 6.45) is -0.489. The minimum Gasteiger partial charge on any atom is -0.450 e. The fraction of sp³-hybridized carbons (Fsp3) is 0.714. The lowest BCUT2D eigenvalue weighted by atomic mass is 10.4. The van der Waals surface area contributed by atoms with E-state index in [0.717, 1.165) is 6.42 Å². The van der Waals surface area contributed by atoms with Gasteiger partial charge in [0.05, 0.1) is 0 Å². The van der Waals surface area contributed by atoms with Crippen molar-refractivity contribution < 1.29 is 19.4 Å². The van der Waals surface area contributed by atoms with E-state index >= 15 is 0 Å². The predicted molar refractivity (Wildman–Crippen MR) is 39.5 cm³/mol. The van der Waals surface area contributed by atoms with Crippen LogP contribution in [0.2, 0.25) is 0 Å². The Morgan fingerprint density at radius 1 is 1.58 bits per heavy atom. The van der Waals surface area contributed by atoms with Crippen molar-refractivity contribution in [1.82, 2.24) is 4.90 Å². The smallest absolute Gasteiger partial charge is 0.450 e. The number of amides is 1. The molecule has 0 aromatic rings. The molecule has 1 aliphatic heterocycles. The maximum Gasteiger partial charge on any atom is 0.507 e. The molecule has 1 heterocycles. The summed E-state index contributed by atoms with van der Waals surface area (Å²) in [6, 6.07) is 0. The standard InChI is InChI=1S/C7H11NO4/c1-5(9)8-4-2-3-6(8)12-7(10)11/h6H,2-4H2,1H3,(H,10,11)/t6-/m1/s1. The average Bonchev–Trinajstić information content (AvgIpc) is 2.33. The van der Waals surface area contributed by atoms with Gasteiger partial charge in [-0.1, -0.05) is 0 Å². The van der Waals surface area contributed by atoms with Crippen molar-refractivity contribution in [3.8, 4) is 0 Å². The monoisotopic (exact) mass is 173 g/mol. The van der Waals surface area contributed by atoms with E-state index in [4.69, 9.17) is 5.11 Å². The topological polar surface area (TPSA) is 66.8 Å². The highest BCUT2D eigenvalue weighted by molar-refractivity contribution is 5.74. The number of carbonyl (C=O) groups excluding carboxylic acids is 1. The second-order valence-electron chi connectivity index (χ2n) is 2.69. The van der Waals surface area contributed by atoms with Gasteiger partial charge in [-0.3, -0.25) is 4.79 Å². The van der Waals surface area contributed by atoms with Crippen LogP contribution in [-0.2, 0) is 9.53 Å². The number of likely N-dealkylation sites (tertiary alicyclic amines) is 1. The molecule has 1 aliphatic rings. The van der Waals surface area contributed by atoms with Gasteiger partial charge in [0.25, 0.3) is 0 Å². The van der Waals surface area contributed by atoms with E-state index in [9.17, 15) is 9.59 Å².